The summed E-state index contributed by atoms with van der Waals surface area (Å²) in [5.74, 6) is -7.75. The number of ketones is 2. The van der Waals surface area contributed by atoms with E-state index in [1.165, 1.54) is 11.0 Å². The topological polar surface area (TPSA) is 217 Å². The number of aliphatic hydroxyl groups excluding tert-OH is 2. The van der Waals surface area contributed by atoms with Crippen molar-refractivity contribution < 1.29 is 44.8 Å². The zero-order valence-corrected chi connectivity index (χ0v) is 22.6. The lowest BCUT2D eigenvalue weighted by Crippen LogP contribution is -2.63. The fraction of sp³-hybridized carbons (Fsp3) is 0.481. The number of nitrogens with zero attached hydrogens (tertiary/aromatic N) is 3. The lowest BCUT2D eigenvalue weighted by Gasteiger charge is -2.50. The molecule has 220 valence electrons. The molecule has 14 nitrogen and oxygen atoms in total. The van der Waals surface area contributed by atoms with E-state index in [0.29, 0.717) is 31.7 Å². The van der Waals surface area contributed by atoms with Crippen LogP contribution in [0.4, 0.5) is 5.69 Å². The molecule has 2 unspecified atom stereocenters. The monoisotopic (exact) mass is 571 g/mol. The number of nitrogens with one attached hydrogen (secondary N) is 1. The number of Topliss-reactive ketones (excluding diaryl/α,β-unsaturated/α-hetero) is 2. The molecule has 0 spiro atoms. The number of nitrogens with two attached hydrogens (primary N) is 1. The van der Waals surface area contributed by atoms with E-state index in [2.05, 4.69) is 5.32 Å². The maximum Gasteiger partial charge on any atom is 0.255 e. The molecule has 1 aliphatic heterocycles. The van der Waals surface area contributed by atoms with Crippen molar-refractivity contribution in [1.29, 1.82) is 0 Å². The minimum atomic E-state index is -2.72. The van der Waals surface area contributed by atoms with Crippen LogP contribution in [-0.2, 0) is 20.8 Å². The number of carbonyl (C=O) groups excluding carboxylic acids is 4. The summed E-state index contributed by atoms with van der Waals surface area (Å²) in [6, 6.07) is 1.99. The maximum atomic E-state index is 13.8. The average Bonchev–Trinajstić information content (AvgIpc) is 2.89. The number of aliphatic hydroxyl groups is 3. The standard InChI is InChI=1S/C27H33N5O9/c1-30(2)20-14-10-13-9-12-3-4-15(29-16(33)11-31-5-7-32(41)8-6-31)21(34)17(12)22(35)18(13)24(37)27(14,40)25(38)19(23(20)36)26(28)39/h3-4,13-14,20,34,36-37,40-41H,5-11H2,1-2H3,(H2,28,39)(H,29,33)/t13?,14?,20-,27-/m0/s1. The van der Waals surface area contributed by atoms with Crippen LogP contribution in [0, 0.1) is 11.8 Å². The van der Waals surface area contributed by atoms with Gasteiger partial charge in [0.25, 0.3) is 5.91 Å². The molecule has 1 aromatic carbocycles. The number of anilines is 1. The van der Waals surface area contributed by atoms with Crippen LogP contribution >= 0.6 is 0 Å². The van der Waals surface area contributed by atoms with Gasteiger partial charge in [-0.2, -0.15) is 5.06 Å². The quantitative estimate of drug-likeness (QED) is 0.168. The van der Waals surface area contributed by atoms with Gasteiger partial charge < -0.3 is 36.7 Å². The Morgan fingerprint density at radius 2 is 1.78 bits per heavy atom. The summed E-state index contributed by atoms with van der Waals surface area (Å²) in [6.07, 6.45) is 0.147. The Bertz CT molecular complexity index is 1410. The first-order valence-corrected chi connectivity index (χ1v) is 13.2. The van der Waals surface area contributed by atoms with Crippen LogP contribution < -0.4 is 11.1 Å². The van der Waals surface area contributed by atoms with E-state index in [1.807, 2.05) is 4.90 Å². The molecule has 0 bridgehead atoms. The Kier molecular flexibility index (Phi) is 7.16. The predicted octanol–water partition coefficient (Wildman–Crippen LogP) is -0.934. The van der Waals surface area contributed by atoms with Crippen molar-refractivity contribution in [2.45, 2.75) is 24.5 Å². The largest absolute Gasteiger partial charge is 0.510 e. The average molecular weight is 572 g/mol. The van der Waals surface area contributed by atoms with Crippen molar-refractivity contribution in [3.05, 3.63) is 45.9 Å². The van der Waals surface area contributed by atoms with Gasteiger partial charge in [0.15, 0.2) is 17.1 Å². The Morgan fingerprint density at radius 1 is 1.12 bits per heavy atom. The third-order valence-corrected chi connectivity index (χ3v) is 8.59. The number of piperazine rings is 1. The molecule has 2 amide bonds. The number of hydrogen-bond acceptors (Lipinski definition) is 12. The number of aromatic hydroxyl groups is 1. The van der Waals surface area contributed by atoms with Gasteiger partial charge in [0, 0.05) is 37.7 Å². The van der Waals surface area contributed by atoms with E-state index in [4.69, 9.17) is 5.73 Å². The molecule has 14 heteroatoms. The molecule has 41 heavy (non-hydrogen) atoms. The van der Waals surface area contributed by atoms with Crippen LogP contribution in [0.2, 0.25) is 0 Å². The number of hydrogen-bond donors (Lipinski definition) is 7. The number of phenolic OH excluding ortho intramolecular Hbond substituents is 1. The van der Waals surface area contributed by atoms with Gasteiger partial charge in [0.2, 0.25) is 11.7 Å². The highest BCUT2D eigenvalue weighted by Gasteiger charge is 2.63. The van der Waals surface area contributed by atoms with Gasteiger partial charge in [-0.1, -0.05) is 6.07 Å². The highest BCUT2D eigenvalue weighted by molar-refractivity contribution is 6.25. The minimum Gasteiger partial charge on any atom is -0.510 e. The molecule has 0 saturated carbocycles. The highest BCUT2D eigenvalue weighted by Crippen LogP contribution is 2.52. The number of likely N-dealkylation sites (N-methyl/N-ethyl adjacent to an activating group) is 1. The van der Waals surface area contributed by atoms with Gasteiger partial charge in [0.05, 0.1) is 23.8 Å². The zero-order valence-electron chi connectivity index (χ0n) is 22.6. The Hall–Kier alpha value is -3.82. The van der Waals surface area contributed by atoms with Crippen LogP contribution in [0.3, 0.4) is 0 Å². The number of fused-ring (bicyclic) bond motifs is 3. The van der Waals surface area contributed by atoms with Crippen LogP contribution in [0.1, 0.15) is 22.3 Å². The normalized spacial score (nSPS) is 28.9. The molecule has 1 saturated heterocycles. The molecule has 1 aromatic rings. The second-order valence-corrected chi connectivity index (χ2v) is 11.2. The SMILES string of the molecule is CN(C)[C@@H]1C(O)=C(C(N)=O)C(=O)[C@@]2(O)C(O)=C3C(=O)c4c(ccc(NC(=O)CN5CCN(O)CC5)c4O)CC3CC12. The van der Waals surface area contributed by atoms with E-state index in [0.717, 1.165) is 5.06 Å². The predicted molar refractivity (Wildman–Crippen MR) is 142 cm³/mol. The number of carbonyl (C=O) groups is 4. The number of amides is 2. The summed E-state index contributed by atoms with van der Waals surface area (Å²) >= 11 is 0. The lowest BCUT2D eigenvalue weighted by molar-refractivity contribution is -0.148. The van der Waals surface area contributed by atoms with Crippen LogP contribution in [0.5, 0.6) is 5.75 Å². The van der Waals surface area contributed by atoms with Crippen LogP contribution in [-0.4, -0.2) is 122 Å². The molecule has 5 rings (SSSR count). The number of rotatable bonds is 5. The highest BCUT2D eigenvalue weighted by atomic mass is 16.5. The number of benzene rings is 1. The second kappa shape index (κ2) is 10.2. The third kappa shape index (κ3) is 4.48. The van der Waals surface area contributed by atoms with E-state index in [-0.39, 0.29) is 36.2 Å². The number of hydroxylamine groups is 2. The third-order valence-electron chi connectivity index (χ3n) is 8.59. The van der Waals surface area contributed by atoms with Crippen molar-refractivity contribution in [3.63, 3.8) is 0 Å². The summed E-state index contributed by atoms with van der Waals surface area (Å²) in [5.41, 5.74) is 1.72. The van der Waals surface area contributed by atoms with Crippen molar-refractivity contribution >= 4 is 29.1 Å². The van der Waals surface area contributed by atoms with Gasteiger partial charge in [-0.25, -0.2) is 0 Å². The number of primary amides is 1. The molecule has 0 radical (unpaired) electrons. The summed E-state index contributed by atoms with van der Waals surface area (Å²) in [7, 11) is 3.13. The van der Waals surface area contributed by atoms with Crippen molar-refractivity contribution in [2.24, 2.45) is 17.6 Å². The maximum absolute atomic E-state index is 13.8. The number of allylic oxidation sites excluding steroid dienone is 1. The van der Waals surface area contributed by atoms with E-state index >= 15 is 0 Å². The molecular weight excluding hydrogens is 538 g/mol. The molecule has 4 aliphatic rings. The summed E-state index contributed by atoms with van der Waals surface area (Å²) in [4.78, 5) is 55.2. The summed E-state index contributed by atoms with van der Waals surface area (Å²) in [5, 5.41) is 58.1. The molecular formula is C27H33N5O9. The molecule has 0 aromatic heterocycles. The fourth-order valence-corrected chi connectivity index (χ4v) is 6.61. The van der Waals surface area contributed by atoms with E-state index < -0.39 is 69.7 Å². The first kappa shape index (κ1) is 28.7. The molecule has 1 fully saturated rings. The van der Waals surface area contributed by atoms with Gasteiger partial charge in [-0.05, 0) is 44.5 Å². The smallest absolute Gasteiger partial charge is 0.255 e. The molecule has 4 atom stereocenters. The lowest BCUT2D eigenvalue weighted by atomic mass is 9.58. The Balaban J connectivity index is 1.50. The first-order chi connectivity index (χ1) is 19.3. The van der Waals surface area contributed by atoms with Gasteiger partial charge in [-0.3, -0.25) is 29.0 Å². The van der Waals surface area contributed by atoms with Gasteiger partial charge in [0.1, 0.15) is 17.1 Å². The van der Waals surface area contributed by atoms with E-state index in [9.17, 15) is 44.8 Å². The zero-order chi connectivity index (χ0) is 30.0. The van der Waals surface area contributed by atoms with Crippen molar-refractivity contribution in [1.82, 2.24) is 14.9 Å². The van der Waals surface area contributed by atoms with Crippen molar-refractivity contribution in [3.8, 4) is 5.75 Å². The molecule has 3 aliphatic carbocycles. The second-order valence-electron chi connectivity index (χ2n) is 11.2. The summed E-state index contributed by atoms with van der Waals surface area (Å²) in [6.45, 7) is 1.70. The first-order valence-electron chi connectivity index (χ1n) is 13.2. The molecule has 1 heterocycles. The minimum absolute atomic E-state index is 0.00153. The van der Waals surface area contributed by atoms with Crippen LogP contribution in [0.25, 0.3) is 0 Å². The Morgan fingerprint density at radius 3 is 2.39 bits per heavy atom. The fourth-order valence-electron chi connectivity index (χ4n) is 6.61. The van der Waals surface area contributed by atoms with Gasteiger partial charge in [-0.15, -0.1) is 0 Å². The van der Waals surface area contributed by atoms with Gasteiger partial charge >= 0.3 is 0 Å². The summed E-state index contributed by atoms with van der Waals surface area (Å²) < 4.78 is 0. The Labute approximate surface area is 234 Å². The number of phenols is 1. The van der Waals surface area contributed by atoms with Crippen molar-refractivity contribution in [2.75, 3.05) is 52.1 Å². The van der Waals surface area contributed by atoms with Crippen LogP contribution in [0.15, 0.2) is 34.8 Å². The van der Waals surface area contributed by atoms with E-state index in [1.54, 1.807) is 20.2 Å². The molecule has 8 N–H and O–H groups in total.